The topological polar surface area (TPSA) is 81.2 Å². The summed E-state index contributed by atoms with van der Waals surface area (Å²) in [6.45, 7) is 0. The third-order valence-electron chi connectivity index (χ3n) is 2.40. The zero-order valence-corrected chi connectivity index (χ0v) is 11.1. The van der Waals surface area contributed by atoms with Gasteiger partial charge >= 0.3 is 0 Å². The Bertz CT molecular complexity index is 649. The van der Waals surface area contributed by atoms with Gasteiger partial charge in [0.1, 0.15) is 11.5 Å². The lowest BCUT2D eigenvalue weighted by molar-refractivity contribution is -0.384. The number of anilines is 3. The number of nitrogens with one attached hydrogen (secondary N) is 1. The largest absolute Gasteiger partial charge is 0.399 e. The van der Waals surface area contributed by atoms with Crippen molar-refractivity contribution in [2.24, 2.45) is 0 Å². The standard InChI is InChI=1S/C12H9BrFN3O2/c13-9-5-11(12(17(18)19)6-10(9)14)16-8-3-1-2-7(15)4-8/h1-6,16H,15H2. The van der Waals surface area contributed by atoms with E-state index in [9.17, 15) is 14.5 Å². The number of halogens is 2. The van der Waals surface area contributed by atoms with E-state index in [1.807, 2.05) is 0 Å². The van der Waals surface area contributed by atoms with Crippen LogP contribution in [0.2, 0.25) is 0 Å². The van der Waals surface area contributed by atoms with Gasteiger partial charge in [0.05, 0.1) is 15.5 Å². The van der Waals surface area contributed by atoms with Gasteiger partial charge in [-0.15, -0.1) is 0 Å². The zero-order chi connectivity index (χ0) is 14.0. The predicted molar refractivity (Wildman–Crippen MR) is 74.9 cm³/mol. The molecular formula is C12H9BrFN3O2. The number of nitrogen functional groups attached to an aromatic ring is 1. The first-order valence-electron chi connectivity index (χ1n) is 5.23. The van der Waals surface area contributed by atoms with Gasteiger partial charge in [-0.1, -0.05) is 6.07 Å². The molecule has 0 aliphatic rings. The first kappa shape index (κ1) is 13.3. The molecule has 2 aromatic carbocycles. The number of rotatable bonds is 3. The van der Waals surface area contributed by atoms with Gasteiger partial charge in [0.2, 0.25) is 0 Å². The first-order chi connectivity index (χ1) is 8.97. The van der Waals surface area contributed by atoms with Crippen LogP contribution in [0, 0.1) is 15.9 Å². The van der Waals surface area contributed by atoms with E-state index in [-0.39, 0.29) is 15.8 Å². The van der Waals surface area contributed by atoms with Gasteiger partial charge in [0.15, 0.2) is 0 Å². The molecule has 0 radical (unpaired) electrons. The van der Waals surface area contributed by atoms with Crippen molar-refractivity contribution in [2.75, 3.05) is 11.1 Å². The van der Waals surface area contributed by atoms with Crippen molar-refractivity contribution >= 4 is 38.7 Å². The van der Waals surface area contributed by atoms with Crippen LogP contribution in [0.3, 0.4) is 0 Å². The van der Waals surface area contributed by atoms with Crippen LogP contribution in [0.25, 0.3) is 0 Å². The number of nitro benzene ring substituents is 1. The molecule has 0 bridgehead atoms. The highest BCUT2D eigenvalue weighted by Crippen LogP contribution is 2.32. The van der Waals surface area contributed by atoms with Crippen LogP contribution in [-0.2, 0) is 0 Å². The fourth-order valence-electron chi connectivity index (χ4n) is 1.56. The summed E-state index contributed by atoms with van der Waals surface area (Å²) < 4.78 is 13.5. The van der Waals surface area contributed by atoms with Crippen LogP contribution in [-0.4, -0.2) is 4.92 Å². The number of benzene rings is 2. The maximum absolute atomic E-state index is 13.3. The minimum absolute atomic E-state index is 0.143. The molecule has 2 rings (SSSR count). The molecule has 0 saturated heterocycles. The van der Waals surface area contributed by atoms with E-state index in [1.54, 1.807) is 24.3 Å². The normalized spacial score (nSPS) is 10.2. The highest BCUT2D eigenvalue weighted by atomic mass is 79.9. The van der Waals surface area contributed by atoms with Gasteiger partial charge in [-0.05, 0) is 40.2 Å². The third-order valence-corrected chi connectivity index (χ3v) is 3.01. The Hall–Kier alpha value is -2.15. The van der Waals surface area contributed by atoms with Gasteiger partial charge in [0, 0.05) is 11.4 Å². The molecule has 0 unspecified atom stereocenters. The number of hydrogen-bond acceptors (Lipinski definition) is 4. The first-order valence-corrected chi connectivity index (χ1v) is 6.02. The molecular weight excluding hydrogens is 317 g/mol. The Labute approximate surface area is 116 Å². The second-order valence-electron chi connectivity index (χ2n) is 3.79. The lowest BCUT2D eigenvalue weighted by atomic mass is 10.2. The molecule has 0 fully saturated rings. The number of nitrogens with two attached hydrogens (primary N) is 1. The highest BCUT2D eigenvalue weighted by Gasteiger charge is 2.17. The predicted octanol–water partition coefficient (Wildman–Crippen LogP) is 3.82. The van der Waals surface area contributed by atoms with Crippen LogP contribution < -0.4 is 11.1 Å². The number of nitrogens with zero attached hydrogens (tertiary/aromatic N) is 1. The van der Waals surface area contributed by atoms with Gasteiger partial charge in [0.25, 0.3) is 5.69 Å². The minimum Gasteiger partial charge on any atom is -0.399 e. The Morgan fingerprint density at radius 1 is 1.32 bits per heavy atom. The van der Waals surface area contributed by atoms with Crippen LogP contribution in [0.1, 0.15) is 0 Å². The summed E-state index contributed by atoms with van der Waals surface area (Å²) in [5, 5.41) is 13.7. The van der Waals surface area contributed by atoms with Gasteiger partial charge < -0.3 is 11.1 Å². The number of hydrogen-bond donors (Lipinski definition) is 2. The van der Waals surface area contributed by atoms with Crippen molar-refractivity contribution in [3.05, 3.63) is 56.8 Å². The molecule has 0 amide bonds. The Kier molecular flexibility index (Phi) is 3.66. The fourth-order valence-corrected chi connectivity index (χ4v) is 1.90. The Morgan fingerprint density at radius 2 is 2.05 bits per heavy atom. The van der Waals surface area contributed by atoms with E-state index in [4.69, 9.17) is 5.73 Å². The molecule has 0 spiro atoms. The lowest BCUT2D eigenvalue weighted by Crippen LogP contribution is -1.99. The Morgan fingerprint density at radius 3 is 2.68 bits per heavy atom. The highest BCUT2D eigenvalue weighted by molar-refractivity contribution is 9.10. The summed E-state index contributed by atoms with van der Waals surface area (Å²) in [5.41, 5.74) is 6.57. The third kappa shape index (κ3) is 3.00. The van der Waals surface area contributed by atoms with Crippen LogP contribution in [0.5, 0.6) is 0 Å². The summed E-state index contributed by atoms with van der Waals surface area (Å²) in [6.07, 6.45) is 0. The Balaban J connectivity index is 2.44. The molecule has 0 heterocycles. The van der Waals surface area contributed by atoms with Crippen LogP contribution >= 0.6 is 15.9 Å². The van der Waals surface area contributed by atoms with E-state index in [1.165, 1.54) is 6.07 Å². The smallest absolute Gasteiger partial charge is 0.295 e. The number of nitro groups is 1. The van der Waals surface area contributed by atoms with Crippen molar-refractivity contribution in [1.82, 2.24) is 0 Å². The summed E-state index contributed by atoms with van der Waals surface area (Å²) in [7, 11) is 0. The van der Waals surface area contributed by atoms with E-state index in [0.717, 1.165) is 6.07 Å². The lowest BCUT2D eigenvalue weighted by Gasteiger charge is -2.08. The molecule has 2 aromatic rings. The molecule has 3 N–H and O–H groups in total. The molecule has 0 atom stereocenters. The van der Waals surface area contributed by atoms with Crippen molar-refractivity contribution < 1.29 is 9.31 Å². The molecule has 5 nitrogen and oxygen atoms in total. The second kappa shape index (κ2) is 5.23. The van der Waals surface area contributed by atoms with Crippen LogP contribution in [0.4, 0.5) is 27.1 Å². The minimum atomic E-state index is -0.690. The van der Waals surface area contributed by atoms with Crippen molar-refractivity contribution in [3.63, 3.8) is 0 Å². The fraction of sp³-hybridized carbons (Fsp3) is 0. The molecule has 19 heavy (non-hydrogen) atoms. The maximum Gasteiger partial charge on any atom is 0.295 e. The van der Waals surface area contributed by atoms with E-state index in [0.29, 0.717) is 11.4 Å². The molecule has 7 heteroatoms. The van der Waals surface area contributed by atoms with E-state index in [2.05, 4.69) is 21.2 Å². The average molecular weight is 326 g/mol. The monoisotopic (exact) mass is 325 g/mol. The van der Waals surface area contributed by atoms with E-state index < -0.39 is 10.7 Å². The molecule has 98 valence electrons. The molecule has 0 aliphatic carbocycles. The van der Waals surface area contributed by atoms with Crippen molar-refractivity contribution in [1.29, 1.82) is 0 Å². The quantitative estimate of drug-likeness (QED) is 0.510. The van der Waals surface area contributed by atoms with Gasteiger partial charge in [-0.25, -0.2) is 4.39 Å². The van der Waals surface area contributed by atoms with Crippen molar-refractivity contribution in [2.45, 2.75) is 0 Å². The van der Waals surface area contributed by atoms with Crippen molar-refractivity contribution in [3.8, 4) is 0 Å². The SMILES string of the molecule is Nc1cccc(Nc2cc(Br)c(F)cc2[N+](=O)[O-])c1. The maximum atomic E-state index is 13.3. The molecule has 0 aromatic heterocycles. The molecule has 0 aliphatic heterocycles. The average Bonchev–Trinajstić information content (AvgIpc) is 2.33. The zero-order valence-electron chi connectivity index (χ0n) is 9.56. The summed E-state index contributed by atoms with van der Waals surface area (Å²) in [6, 6.07) is 8.91. The summed E-state index contributed by atoms with van der Waals surface area (Å²) in [4.78, 5) is 10.3. The second-order valence-corrected chi connectivity index (χ2v) is 4.65. The molecule has 0 saturated carbocycles. The van der Waals surface area contributed by atoms with E-state index >= 15 is 0 Å². The van der Waals surface area contributed by atoms with Gasteiger partial charge in [-0.3, -0.25) is 10.1 Å². The van der Waals surface area contributed by atoms with Crippen LogP contribution in [0.15, 0.2) is 40.9 Å². The summed E-state index contributed by atoms with van der Waals surface area (Å²) in [5.74, 6) is -0.690. The summed E-state index contributed by atoms with van der Waals surface area (Å²) >= 11 is 2.99. The van der Waals surface area contributed by atoms with Gasteiger partial charge in [-0.2, -0.15) is 0 Å².